The van der Waals surface area contributed by atoms with Crippen LogP contribution in [0, 0.1) is 5.92 Å². The third-order valence-electron chi connectivity index (χ3n) is 6.71. The van der Waals surface area contributed by atoms with Crippen LogP contribution in [0.15, 0.2) is 34.7 Å². The highest BCUT2D eigenvalue weighted by Crippen LogP contribution is 2.38. The topological polar surface area (TPSA) is 97.6 Å². The number of alkyl halides is 3. The number of benzene rings is 1. The third-order valence-corrected chi connectivity index (χ3v) is 6.71. The zero-order chi connectivity index (χ0) is 25.3. The number of pyridine rings is 1. The monoisotopic (exact) mass is 502 g/mol. The Morgan fingerprint density at radius 3 is 2.53 bits per heavy atom. The van der Waals surface area contributed by atoms with E-state index in [4.69, 9.17) is 14.1 Å². The summed E-state index contributed by atoms with van der Waals surface area (Å²) in [7, 11) is 0. The number of rotatable bonds is 5. The molecule has 1 aliphatic heterocycles. The molecule has 190 valence electrons. The summed E-state index contributed by atoms with van der Waals surface area (Å²) in [4.78, 5) is 34.2. The van der Waals surface area contributed by atoms with Crippen molar-refractivity contribution in [1.29, 1.82) is 0 Å². The fourth-order valence-electron chi connectivity index (χ4n) is 4.73. The molecule has 8 nitrogen and oxygen atoms in total. The molecular weight excluding hydrogens is 477 g/mol. The normalized spacial score (nSPS) is 20.9. The van der Waals surface area contributed by atoms with E-state index in [9.17, 15) is 22.8 Å². The number of amides is 1. The summed E-state index contributed by atoms with van der Waals surface area (Å²) in [5.41, 5.74) is 0.675. The highest BCUT2D eigenvalue weighted by Gasteiger charge is 2.33. The van der Waals surface area contributed by atoms with E-state index in [1.807, 2.05) is 11.0 Å². The summed E-state index contributed by atoms with van der Waals surface area (Å²) >= 11 is 0. The van der Waals surface area contributed by atoms with Gasteiger partial charge in [0.25, 0.3) is 5.91 Å². The average molecular weight is 502 g/mol. The lowest BCUT2D eigenvalue weighted by Crippen LogP contribution is -2.36. The number of ether oxygens (including phenoxy) is 1. The molecule has 3 aromatic rings. The van der Waals surface area contributed by atoms with Gasteiger partial charge in [0.2, 0.25) is 0 Å². The first-order valence-corrected chi connectivity index (χ1v) is 11.9. The second-order valence-corrected chi connectivity index (χ2v) is 9.10. The number of anilines is 2. The van der Waals surface area contributed by atoms with Crippen LogP contribution in [0.4, 0.5) is 24.5 Å². The largest absolute Gasteiger partial charge is 0.440 e. The molecule has 1 saturated carbocycles. The minimum absolute atomic E-state index is 0.0739. The number of carbonyl (C=O) groups excluding carboxylic acids is 2. The van der Waals surface area contributed by atoms with E-state index < -0.39 is 17.8 Å². The first-order valence-electron chi connectivity index (χ1n) is 11.9. The molecule has 0 unspecified atom stereocenters. The highest BCUT2D eigenvalue weighted by molar-refractivity contribution is 6.06. The van der Waals surface area contributed by atoms with Crippen molar-refractivity contribution in [3.63, 3.8) is 0 Å². The summed E-state index contributed by atoms with van der Waals surface area (Å²) < 4.78 is 50.8. The first kappa shape index (κ1) is 24.2. The van der Waals surface area contributed by atoms with Crippen LogP contribution >= 0.6 is 0 Å². The summed E-state index contributed by atoms with van der Waals surface area (Å²) in [6.45, 7) is 2.17. The summed E-state index contributed by atoms with van der Waals surface area (Å²) in [5.74, 6) is 0.00444. The molecule has 1 aliphatic carbocycles. The molecule has 2 aliphatic rings. The second kappa shape index (κ2) is 9.88. The van der Waals surface area contributed by atoms with E-state index >= 15 is 0 Å². The van der Waals surface area contributed by atoms with Gasteiger partial charge in [0.05, 0.1) is 24.6 Å². The van der Waals surface area contributed by atoms with Gasteiger partial charge in [0, 0.05) is 31.0 Å². The molecule has 1 amide bonds. The lowest BCUT2D eigenvalue weighted by atomic mass is 9.83. The fourth-order valence-corrected chi connectivity index (χ4v) is 4.73. The molecule has 0 atom stereocenters. The molecule has 1 N–H and O–H groups in total. The molecule has 3 heterocycles. The van der Waals surface area contributed by atoms with Gasteiger partial charge >= 0.3 is 6.18 Å². The Labute approximate surface area is 204 Å². The van der Waals surface area contributed by atoms with Gasteiger partial charge in [0.15, 0.2) is 11.5 Å². The van der Waals surface area contributed by atoms with Gasteiger partial charge in [-0.1, -0.05) is 6.07 Å². The van der Waals surface area contributed by atoms with Crippen molar-refractivity contribution >= 4 is 34.7 Å². The zero-order valence-electron chi connectivity index (χ0n) is 19.4. The molecular formula is C25H25F3N4O4. The first-order chi connectivity index (χ1) is 17.3. The van der Waals surface area contributed by atoms with E-state index in [2.05, 4.69) is 10.3 Å². The van der Waals surface area contributed by atoms with Crippen molar-refractivity contribution in [2.24, 2.45) is 5.92 Å². The molecule has 0 radical (unpaired) electrons. The summed E-state index contributed by atoms with van der Waals surface area (Å²) in [5, 5.41) is 2.72. The number of hydrogen-bond donors (Lipinski definition) is 1. The fraction of sp³-hybridized carbons (Fsp3) is 0.440. The van der Waals surface area contributed by atoms with E-state index in [1.54, 1.807) is 6.07 Å². The average Bonchev–Trinajstić information content (AvgIpc) is 3.31. The number of hydrogen-bond acceptors (Lipinski definition) is 7. The Morgan fingerprint density at radius 1 is 1.08 bits per heavy atom. The van der Waals surface area contributed by atoms with Gasteiger partial charge in [-0.15, -0.1) is 0 Å². The summed E-state index contributed by atoms with van der Waals surface area (Å²) in [6, 6.07) is 6.68. The number of carbonyl (C=O) groups is 2. The van der Waals surface area contributed by atoms with Gasteiger partial charge in [-0.05, 0) is 43.9 Å². The van der Waals surface area contributed by atoms with Crippen LogP contribution in [0.25, 0.3) is 11.1 Å². The Balaban J connectivity index is 1.47. The second-order valence-electron chi connectivity index (χ2n) is 9.10. The highest BCUT2D eigenvalue weighted by atomic mass is 19.4. The SMILES string of the molecule is O=C[C@H]1CC[C@H](c2nc3cc(N4CCOCC4)c(NC(=O)c4cccc(C(F)(F)F)n4)cc3o2)CC1. The number of nitrogens with zero attached hydrogens (tertiary/aromatic N) is 3. The Kier molecular flexibility index (Phi) is 6.65. The van der Waals surface area contributed by atoms with Crippen LogP contribution in [-0.4, -0.2) is 48.5 Å². The number of fused-ring (bicyclic) bond motifs is 1. The molecule has 2 aromatic heterocycles. The van der Waals surface area contributed by atoms with Crippen LogP contribution < -0.4 is 10.2 Å². The third kappa shape index (κ3) is 5.06. The molecule has 5 rings (SSSR count). The van der Waals surface area contributed by atoms with Crippen molar-refractivity contribution < 1.29 is 31.9 Å². The maximum absolute atomic E-state index is 13.1. The molecule has 1 aromatic carbocycles. The van der Waals surface area contributed by atoms with Crippen molar-refractivity contribution in [3.05, 3.63) is 47.6 Å². The maximum atomic E-state index is 13.1. The lowest BCUT2D eigenvalue weighted by Gasteiger charge is -2.30. The molecule has 1 saturated heterocycles. The standard InChI is InChI=1S/C25H25F3N4O4/c26-25(27,28)22-3-1-2-17(29-22)23(34)30-18-13-21-19(12-20(18)32-8-10-35-11-9-32)31-24(36-21)16-6-4-15(14-33)5-7-16/h1-3,12-16H,4-11H2,(H,30,34)/t15-,16-. The van der Waals surface area contributed by atoms with Gasteiger partial charge in [0.1, 0.15) is 23.2 Å². The van der Waals surface area contributed by atoms with E-state index in [0.717, 1.165) is 44.1 Å². The molecule has 2 fully saturated rings. The Morgan fingerprint density at radius 2 is 1.83 bits per heavy atom. The summed E-state index contributed by atoms with van der Waals surface area (Å²) in [6.07, 6.45) is -0.469. The quantitative estimate of drug-likeness (QED) is 0.501. The van der Waals surface area contributed by atoms with Crippen LogP contribution in [0.5, 0.6) is 0 Å². The minimum atomic E-state index is -4.66. The Bertz CT molecular complexity index is 1260. The predicted octanol–water partition coefficient (Wildman–Crippen LogP) is 4.80. The van der Waals surface area contributed by atoms with Crippen LogP contribution in [0.2, 0.25) is 0 Å². The smallest absolute Gasteiger partial charge is 0.433 e. The number of oxazole rings is 1. The van der Waals surface area contributed by atoms with Crippen molar-refractivity contribution in [3.8, 4) is 0 Å². The van der Waals surface area contributed by atoms with Crippen LogP contribution in [0.1, 0.15) is 53.7 Å². The van der Waals surface area contributed by atoms with Gasteiger partial charge in [-0.25, -0.2) is 9.97 Å². The minimum Gasteiger partial charge on any atom is -0.440 e. The number of morpholine rings is 1. The van der Waals surface area contributed by atoms with E-state index in [1.165, 1.54) is 6.07 Å². The van der Waals surface area contributed by atoms with E-state index in [-0.39, 0.29) is 17.5 Å². The number of aldehydes is 1. The number of aromatic nitrogens is 2. The Hall–Kier alpha value is -3.47. The molecule has 0 spiro atoms. The van der Waals surface area contributed by atoms with Gasteiger partial charge in [-0.2, -0.15) is 13.2 Å². The van der Waals surface area contributed by atoms with E-state index in [0.29, 0.717) is 54.7 Å². The number of halogens is 3. The van der Waals surface area contributed by atoms with Gasteiger partial charge < -0.3 is 24.2 Å². The van der Waals surface area contributed by atoms with Crippen molar-refractivity contribution in [2.75, 3.05) is 36.5 Å². The maximum Gasteiger partial charge on any atom is 0.433 e. The van der Waals surface area contributed by atoms with Crippen LogP contribution in [-0.2, 0) is 15.7 Å². The van der Waals surface area contributed by atoms with Crippen molar-refractivity contribution in [2.45, 2.75) is 37.8 Å². The predicted molar refractivity (Wildman–Crippen MR) is 125 cm³/mol. The van der Waals surface area contributed by atoms with Crippen LogP contribution in [0.3, 0.4) is 0 Å². The molecule has 0 bridgehead atoms. The molecule has 11 heteroatoms. The zero-order valence-corrected chi connectivity index (χ0v) is 19.4. The molecule has 36 heavy (non-hydrogen) atoms. The lowest BCUT2D eigenvalue weighted by molar-refractivity contribution is -0.141. The number of nitrogens with one attached hydrogen (secondary N) is 1. The van der Waals surface area contributed by atoms with Gasteiger partial charge in [-0.3, -0.25) is 4.79 Å². The van der Waals surface area contributed by atoms with Crippen molar-refractivity contribution in [1.82, 2.24) is 9.97 Å².